The van der Waals surface area contributed by atoms with Gasteiger partial charge in [0.15, 0.2) is 5.16 Å². The van der Waals surface area contributed by atoms with Crippen LogP contribution < -0.4 is 5.56 Å². The fourth-order valence-corrected chi connectivity index (χ4v) is 5.01. The molecule has 3 aromatic rings. The van der Waals surface area contributed by atoms with Crippen molar-refractivity contribution in [2.45, 2.75) is 25.4 Å². The van der Waals surface area contributed by atoms with Crippen LogP contribution in [-0.4, -0.2) is 39.2 Å². The zero-order valence-electron chi connectivity index (χ0n) is 16.7. The molecular weight excluding hydrogens is 382 g/mol. The van der Waals surface area contributed by atoms with Crippen molar-refractivity contribution >= 4 is 28.6 Å². The van der Waals surface area contributed by atoms with Crippen LogP contribution in [0.3, 0.4) is 0 Å². The summed E-state index contributed by atoms with van der Waals surface area (Å²) in [5.74, 6) is 1.43. The summed E-state index contributed by atoms with van der Waals surface area (Å²) in [7, 11) is 0. The van der Waals surface area contributed by atoms with Crippen molar-refractivity contribution in [2.24, 2.45) is 11.8 Å². The van der Waals surface area contributed by atoms with Crippen LogP contribution in [-0.2, 0) is 4.79 Å². The molecule has 0 aliphatic carbocycles. The van der Waals surface area contributed by atoms with Gasteiger partial charge in [-0.05, 0) is 42.5 Å². The highest BCUT2D eigenvalue weighted by atomic mass is 32.2. The number of carbonyl (C=O) groups is 1. The summed E-state index contributed by atoms with van der Waals surface area (Å²) in [6.07, 6.45) is 1.16. The third-order valence-electron chi connectivity index (χ3n) is 5.31. The Kier molecular flexibility index (Phi) is 5.72. The maximum Gasteiger partial charge on any atom is 0.266 e. The summed E-state index contributed by atoms with van der Waals surface area (Å²) in [6, 6.07) is 16.8. The van der Waals surface area contributed by atoms with Crippen LogP contribution in [0.2, 0.25) is 0 Å². The van der Waals surface area contributed by atoms with Gasteiger partial charge in [-0.25, -0.2) is 4.98 Å². The second-order valence-electron chi connectivity index (χ2n) is 7.92. The third-order valence-corrected chi connectivity index (χ3v) is 6.23. The number of benzene rings is 2. The molecule has 2 atom stereocenters. The van der Waals surface area contributed by atoms with E-state index in [9.17, 15) is 9.59 Å². The molecule has 5 nitrogen and oxygen atoms in total. The second kappa shape index (κ2) is 8.41. The highest BCUT2D eigenvalue weighted by Gasteiger charge is 2.25. The van der Waals surface area contributed by atoms with E-state index < -0.39 is 0 Å². The number of nitrogens with zero attached hydrogens (tertiary/aromatic N) is 3. The molecule has 1 aromatic heterocycles. The van der Waals surface area contributed by atoms with E-state index in [2.05, 4.69) is 13.8 Å². The number of thioether (sulfide) groups is 1. The molecule has 0 radical (unpaired) electrons. The molecule has 0 saturated carbocycles. The molecule has 0 N–H and O–H groups in total. The van der Waals surface area contributed by atoms with Crippen LogP contribution in [0.4, 0.5) is 0 Å². The van der Waals surface area contributed by atoms with Crippen LogP contribution >= 0.6 is 11.8 Å². The molecule has 2 unspecified atom stereocenters. The first-order valence-corrected chi connectivity index (χ1v) is 11.0. The number of hydrogen-bond acceptors (Lipinski definition) is 4. The Morgan fingerprint density at radius 3 is 2.41 bits per heavy atom. The van der Waals surface area contributed by atoms with Crippen molar-refractivity contribution in [1.29, 1.82) is 0 Å². The Labute approximate surface area is 174 Å². The van der Waals surface area contributed by atoms with Crippen molar-refractivity contribution < 1.29 is 4.79 Å². The van der Waals surface area contributed by atoms with E-state index in [1.54, 1.807) is 10.6 Å². The third kappa shape index (κ3) is 4.22. The van der Waals surface area contributed by atoms with Gasteiger partial charge in [-0.3, -0.25) is 14.2 Å². The zero-order valence-corrected chi connectivity index (χ0v) is 17.6. The van der Waals surface area contributed by atoms with Gasteiger partial charge >= 0.3 is 0 Å². The molecule has 0 spiro atoms. The van der Waals surface area contributed by atoms with Crippen molar-refractivity contribution in [2.75, 3.05) is 18.8 Å². The van der Waals surface area contributed by atoms with Gasteiger partial charge in [0.1, 0.15) is 0 Å². The number of hydrogen-bond donors (Lipinski definition) is 0. The van der Waals surface area contributed by atoms with E-state index in [-0.39, 0.29) is 17.2 Å². The van der Waals surface area contributed by atoms with E-state index in [1.165, 1.54) is 11.8 Å². The quantitative estimate of drug-likeness (QED) is 0.485. The molecule has 150 valence electrons. The topological polar surface area (TPSA) is 55.2 Å². The first-order chi connectivity index (χ1) is 14.0. The Balaban J connectivity index is 1.66. The van der Waals surface area contributed by atoms with Crippen LogP contribution in [0.15, 0.2) is 64.5 Å². The number of para-hydroxylation sites is 2. The smallest absolute Gasteiger partial charge is 0.266 e. The van der Waals surface area contributed by atoms with Crippen molar-refractivity contribution in [3.8, 4) is 5.69 Å². The van der Waals surface area contributed by atoms with E-state index in [0.717, 1.165) is 25.2 Å². The maximum absolute atomic E-state index is 13.2. The van der Waals surface area contributed by atoms with Crippen molar-refractivity contribution in [3.05, 3.63) is 65.0 Å². The predicted octanol–water partition coefficient (Wildman–Crippen LogP) is 3.98. The molecule has 4 rings (SSSR count). The number of piperidine rings is 1. The fourth-order valence-electron chi connectivity index (χ4n) is 4.10. The van der Waals surface area contributed by atoms with Gasteiger partial charge in [-0.2, -0.15) is 0 Å². The average Bonchev–Trinajstić information content (AvgIpc) is 2.72. The normalized spacial score (nSPS) is 19.4. The monoisotopic (exact) mass is 407 g/mol. The van der Waals surface area contributed by atoms with Gasteiger partial charge in [0.25, 0.3) is 5.56 Å². The van der Waals surface area contributed by atoms with Crippen molar-refractivity contribution in [1.82, 2.24) is 14.5 Å². The standard InChI is InChI=1S/C23H25N3O2S/c1-16-12-17(2)14-25(13-16)21(27)15-29-23-24-20-11-7-6-10-19(20)22(28)26(23)18-8-4-3-5-9-18/h3-11,16-17H,12-15H2,1-2H3. The first-order valence-electron chi connectivity index (χ1n) is 10.0. The minimum atomic E-state index is -0.114. The average molecular weight is 408 g/mol. The highest BCUT2D eigenvalue weighted by molar-refractivity contribution is 7.99. The molecule has 1 amide bonds. The highest BCUT2D eigenvalue weighted by Crippen LogP contribution is 2.24. The largest absolute Gasteiger partial charge is 0.341 e. The summed E-state index contributed by atoms with van der Waals surface area (Å²) in [5.41, 5.74) is 1.29. The van der Waals surface area contributed by atoms with Gasteiger partial charge < -0.3 is 4.90 Å². The molecule has 29 heavy (non-hydrogen) atoms. The van der Waals surface area contributed by atoms with Crippen LogP contribution in [0.1, 0.15) is 20.3 Å². The molecule has 1 fully saturated rings. The van der Waals surface area contributed by atoms with E-state index in [0.29, 0.717) is 27.9 Å². The zero-order chi connectivity index (χ0) is 20.4. The lowest BCUT2D eigenvalue weighted by Crippen LogP contribution is -2.43. The number of likely N-dealkylation sites (tertiary alicyclic amines) is 1. The van der Waals surface area contributed by atoms with Gasteiger partial charge in [0.05, 0.1) is 22.3 Å². The van der Waals surface area contributed by atoms with E-state index in [1.807, 2.05) is 53.4 Å². The number of fused-ring (bicyclic) bond motifs is 1. The Morgan fingerprint density at radius 2 is 1.69 bits per heavy atom. The van der Waals surface area contributed by atoms with Crippen LogP contribution in [0.25, 0.3) is 16.6 Å². The molecule has 1 aliphatic heterocycles. The summed E-state index contributed by atoms with van der Waals surface area (Å²) >= 11 is 1.34. The molecule has 2 heterocycles. The minimum Gasteiger partial charge on any atom is -0.341 e. The second-order valence-corrected chi connectivity index (χ2v) is 8.86. The van der Waals surface area contributed by atoms with E-state index in [4.69, 9.17) is 4.98 Å². The Morgan fingerprint density at radius 1 is 1.03 bits per heavy atom. The van der Waals surface area contributed by atoms with Gasteiger partial charge in [0.2, 0.25) is 5.91 Å². The maximum atomic E-state index is 13.2. The van der Waals surface area contributed by atoms with E-state index >= 15 is 0 Å². The Hall–Kier alpha value is -2.60. The van der Waals surface area contributed by atoms with Crippen LogP contribution in [0.5, 0.6) is 0 Å². The van der Waals surface area contributed by atoms with Crippen LogP contribution in [0, 0.1) is 11.8 Å². The minimum absolute atomic E-state index is 0.107. The number of rotatable bonds is 4. The summed E-state index contributed by atoms with van der Waals surface area (Å²) in [6.45, 7) is 6.00. The summed E-state index contributed by atoms with van der Waals surface area (Å²) in [5, 5.41) is 1.12. The molecule has 6 heteroatoms. The fraction of sp³-hybridized carbons (Fsp3) is 0.348. The SMILES string of the molecule is CC1CC(C)CN(C(=O)CSc2nc3ccccc3c(=O)n2-c2ccccc2)C1. The number of aromatic nitrogens is 2. The molecular formula is C23H25N3O2S. The van der Waals surface area contributed by atoms with Gasteiger partial charge in [-0.1, -0.05) is 55.9 Å². The number of carbonyl (C=O) groups excluding carboxylic acids is 1. The Bertz CT molecular complexity index is 1070. The lowest BCUT2D eigenvalue weighted by Gasteiger charge is -2.35. The summed E-state index contributed by atoms with van der Waals surface area (Å²) in [4.78, 5) is 32.7. The van der Waals surface area contributed by atoms with Crippen molar-refractivity contribution in [3.63, 3.8) is 0 Å². The van der Waals surface area contributed by atoms with Gasteiger partial charge in [-0.15, -0.1) is 0 Å². The summed E-state index contributed by atoms with van der Waals surface area (Å²) < 4.78 is 1.61. The molecule has 0 bridgehead atoms. The molecule has 2 aromatic carbocycles. The van der Waals surface area contributed by atoms with Gasteiger partial charge in [0, 0.05) is 13.1 Å². The number of amides is 1. The first kappa shape index (κ1) is 19.7. The molecule has 1 aliphatic rings. The lowest BCUT2D eigenvalue weighted by atomic mass is 9.92. The molecule has 1 saturated heterocycles. The lowest BCUT2D eigenvalue weighted by molar-refractivity contribution is -0.130. The predicted molar refractivity (Wildman–Crippen MR) is 118 cm³/mol.